The molecule has 3 heterocycles. The molecule has 0 bridgehead atoms. The molecule has 3 aromatic rings. The number of nitrogen functional groups attached to an aromatic ring is 1. The summed E-state index contributed by atoms with van der Waals surface area (Å²) in [6, 6.07) is 8.49. The molecule has 9 nitrogen and oxygen atoms in total. The summed E-state index contributed by atoms with van der Waals surface area (Å²) in [5.41, 5.74) is 5.33. The van der Waals surface area contributed by atoms with Gasteiger partial charge in [-0.3, -0.25) is 4.79 Å². The predicted molar refractivity (Wildman–Crippen MR) is 154 cm³/mol. The van der Waals surface area contributed by atoms with E-state index in [1.807, 2.05) is 18.9 Å². The van der Waals surface area contributed by atoms with E-state index < -0.39 is 11.7 Å². The van der Waals surface area contributed by atoms with Crippen LogP contribution in [0.15, 0.2) is 43.0 Å². The molecule has 2 aromatic carbocycles. The molecule has 5 rings (SSSR count). The third kappa shape index (κ3) is 5.69. The number of hydrogen-bond acceptors (Lipinski definition) is 8. The largest absolute Gasteiger partial charge is 0.462 e. The molecule has 2 saturated heterocycles. The van der Waals surface area contributed by atoms with Crippen molar-refractivity contribution in [3.8, 4) is 23.2 Å². The molecule has 0 radical (unpaired) electrons. The number of anilines is 2. The number of likely N-dealkylation sites (tertiary alicyclic amines) is 1. The van der Waals surface area contributed by atoms with Gasteiger partial charge < -0.3 is 25.2 Å². The number of halogens is 3. The first-order chi connectivity index (χ1) is 20.0. The Hall–Kier alpha value is -4.37. The van der Waals surface area contributed by atoms with Gasteiger partial charge in [0.1, 0.15) is 12.4 Å². The lowest BCUT2D eigenvalue weighted by atomic mass is 9.93. The average Bonchev–Trinajstić information content (AvgIpc) is 3.38. The second-order valence-corrected chi connectivity index (χ2v) is 10.8. The van der Waals surface area contributed by atoms with Gasteiger partial charge in [0, 0.05) is 48.4 Å². The van der Waals surface area contributed by atoms with Crippen LogP contribution in [-0.4, -0.2) is 77.6 Å². The summed E-state index contributed by atoms with van der Waals surface area (Å²) in [5, 5.41) is 10.6. The molecular formula is C30H32F3N7O2. The van der Waals surface area contributed by atoms with Crippen LogP contribution in [0.5, 0.6) is 6.01 Å². The fourth-order valence-corrected chi connectivity index (χ4v) is 5.73. The summed E-state index contributed by atoms with van der Waals surface area (Å²) in [4.78, 5) is 27.5. The van der Waals surface area contributed by atoms with E-state index in [0.29, 0.717) is 43.0 Å². The number of nitrogens with two attached hydrogens (primary N) is 1. The van der Waals surface area contributed by atoms with Gasteiger partial charge >= 0.3 is 12.2 Å². The van der Waals surface area contributed by atoms with Gasteiger partial charge in [0.2, 0.25) is 5.91 Å². The Bertz CT molecular complexity index is 1570. The maximum atomic E-state index is 14.0. The quantitative estimate of drug-likeness (QED) is 0.337. The number of piperazine rings is 1. The third-order valence-electron chi connectivity index (χ3n) is 8.02. The normalized spacial score (nSPS) is 19.6. The van der Waals surface area contributed by atoms with Gasteiger partial charge in [-0.05, 0) is 75.3 Å². The lowest BCUT2D eigenvalue weighted by Crippen LogP contribution is -2.53. The molecule has 2 aliphatic rings. The number of rotatable bonds is 6. The number of carbonyl (C=O) groups is 1. The number of ether oxygens (including phenoxy) is 1. The first-order valence-corrected chi connectivity index (χ1v) is 13.7. The Kier molecular flexibility index (Phi) is 7.97. The van der Waals surface area contributed by atoms with Crippen molar-refractivity contribution in [3.63, 3.8) is 0 Å². The number of nitrogens with zero attached hydrogens (tertiary/aromatic N) is 6. The zero-order valence-electron chi connectivity index (χ0n) is 23.5. The Balaban J connectivity index is 1.65. The van der Waals surface area contributed by atoms with Gasteiger partial charge in [0.05, 0.1) is 22.7 Å². The van der Waals surface area contributed by atoms with E-state index in [-0.39, 0.29) is 46.4 Å². The molecular weight excluding hydrogens is 547 g/mol. The molecule has 1 aromatic heterocycles. The van der Waals surface area contributed by atoms with E-state index in [0.717, 1.165) is 25.5 Å². The maximum Gasteiger partial charge on any atom is 0.417 e. The molecule has 2 aliphatic heterocycles. The minimum absolute atomic E-state index is 0.0258. The molecule has 12 heteroatoms. The van der Waals surface area contributed by atoms with Crippen LogP contribution in [0.3, 0.4) is 0 Å². The molecule has 2 fully saturated rings. The van der Waals surface area contributed by atoms with Crippen LogP contribution in [0.25, 0.3) is 22.0 Å². The number of benzene rings is 2. The highest BCUT2D eigenvalue weighted by Gasteiger charge is 2.35. The number of hydrogen-bond donors (Lipinski definition) is 1. The van der Waals surface area contributed by atoms with Crippen molar-refractivity contribution < 1.29 is 22.7 Å². The molecule has 2 atom stereocenters. The van der Waals surface area contributed by atoms with E-state index in [9.17, 15) is 23.2 Å². The number of nitriles is 1. The highest BCUT2D eigenvalue weighted by atomic mass is 19.4. The molecule has 1 amide bonds. The lowest BCUT2D eigenvalue weighted by molar-refractivity contribution is -0.137. The van der Waals surface area contributed by atoms with Crippen molar-refractivity contribution in [3.05, 3.63) is 54.1 Å². The van der Waals surface area contributed by atoms with Gasteiger partial charge in [-0.2, -0.15) is 28.4 Å². The number of fused-ring (bicyclic) bond motifs is 1. The summed E-state index contributed by atoms with van der Waals surface area (Å²) in [5.74, 6) is 0.317. The van der Waals surface area contributed by atoms with E-state index in [1.54, 1.807) is 4.90 Å². The van der Waals surface area contributed by atoms with E-state index >= 15 is 0 Å². The third-order valence-corrected chi connectivity index (χ3v) is 8.02. The fourth-order valence-electron chi connectivity index (χ4n) is 5.73. The maximum absolute atomic E-state index is 14.0. The SMILES string of the molecule is C=CC(=O)N1CCN(c2nc(OCC3CCCN3C)nc3cc(-c4cc(N)ccc4C(F)(F)F)c(C#N)cc23)C(C)C1. The molecule has 42 heavy (non-hydrogen) atoms. The van der Waals surface area contributed by atoms with Crippen LogP contribution in [-0.2, 0) is 11.0 Å². The van der Waals surface area contributed by atoms with Crippen LogP contribution in [0.2, 0.25) is 0 Å². The van der Waals surface area contributed by atoms with Gasteiger partial charge in [0.25, 0.3) is 0 Å². The average molecular weight is 580 g/mol. The van der Waals surface area contributed by atoms with Crippen molar-refractivity contribution in [2.24, 2.45) is 0 Å². The Morgan fingerprint density at radius 1 is 1.21 bits per heavy atom. The van der Waals surface area contributed by atoms with Crippen molar-refractivity contribution in [1.29, 1.82) is 5.26 Å². The van der Waals surface area contributed by atoms with Crippen molar-refractivity contribution in [1.82, 2.24) is 19.8 Å². The van der Waals surface area contributed by atoms with E-state index in [1.165, 1.54) is 30.3 Å². The minimum Gasteiger partial charge on any atom is -0.462 e. The summed E-state index contributed by atoms with van der Waals surface area (Å²) in [6.07, 6.45) is -1.36. The fraction of sp³-hybridized carbons (Fsp3) is 0.400. The number of aromatic nitrogens is 2. The molecule has 0 spiro atoms. The number of amides is 1. The van der Waals surface area contributed by atoms with Crippen molar-refractivity contribution >= 4 is 28.3 Å². The zero-order chi connectivity index (χ0) is 30.2. The highest BCUT2D eigenvalue weighted by Crippen LogP contribution is 2.41. The molecule has 0 saturated carbocycles. The Morgan fingerprint density at radius 2 is 2.00 bits per heavy atom. The standard InChI is InChI=1S/C30H32F3N7O2/c1-4-27(41)39-10-11-40(18(2)16-39)28-24-12-19(15-34)22(23-13-20(35)7-8-25(23)30(31,32)33)14-26(24)36-29(37-28)42-17-21-6-5-9-38(21)3/h4,7-8,12-14,18,21H,1,5-6,9-11,16-17,35H2,2-3H3. The van der Waals surface area contributed by atoms with Crippen LogP contribution in [0, 0.1) is 11.3 Å². The van der Waals surface area contributed by atoms with Gasteiger partial charge in [-0.1, -0.05) is 6.58 Å². The van der Waals surface area contributed by atoms with Crippen LogP contribution in [0.4, 0.5) is 24.7 Å². The topological polar surface area (TPSA) is 112 Å². The van der Waals surface area contributed by atoms with E-state index in [4.69, 9.17) is 15.5 Å². The Morgan fingerprint density at radius 3 is 2.64 bits per heavy atom. The van der Waals surface area contributed by atoms with Crippen molar-refractivity contribution in [2.45, 2.75) is 38.0 Å². The summed E-state index contributed by atoms with van der Waals surface area (Å²) in [6.45, 7) is 8.12. The van der Waals surface area contributed by atoms with Crippen LogP contribution < -0.4 is 15.4 Å². The van der Waals surface area contributed by atoms with Crippen LogP contribution in [0.1, 0.15) is 30.9 Å². The number of alkyl halides is 3. The van der Waals surface area contributed by atoms with Gasteiger partial charge in [-0.25, -0.2) is 0 Å². The summed E-state index contributed by atoms with van der Waals surface area (Å²) < 4.78 is 48.1. The number of likely N-dealkylation sites (N-methyl/N-ethyl adjacent to an activating group) is 1. The first-order valence-electron chi connectivity index (χ1n) is 13.7. The monoisotopic (exact) mass is 579 g/mol. The van der Waals surface area contributed by atoms with Crippen LogP contribution >= 0.6 is 0 Å². The zero-order valence-corrected chi connectivity index (χ0v) is 23.5. The predicted octanol–water partition coefficient (Wildman–Crippen LogP) is 4.47. The minimum atomic E-state index is -4.67. The molecule has 220 valence electrons. The molecule has 0 aliphatic carbocycles. The van der Waals surface area contributed by atoms with Crippen molar-refractivity contribution in [2.75, 3.05) is 50.5 Å². The second kappa shape index (κ2) is 11.5. The van der Waals surface area contributed by atoms with Gasteiger partial charge in [0.15, 0.2) is 0 Å². The molecule has 2 N–H and O–H groups in total. The van der Waals surface area contributed by atoms with Gasteiger partial charge in [-0.15, -0.1) is 0 Å². The summed E-state index contributed by atoms with van der Waals surface area (Å²) >= 11 is 0. The smallest absolute Gasteiger partial charge is 0.417 e. The first kappa shape index (κ1) is 29.1. The Labute approximate surface area is 242 Å². The second-order valence-electron chi connectivity index (χ2n) is 10.8. The van der Waals surface area contributed by atoms with E-state index in [2.05, 4.69) is 22.5 Å². The number of carbonyl (C=O) groups excluding carboxylic acids is 1. The lowest BCUT2D eigenvalue weighted by Gasteiger charge is -2.40. The summed E-state index contributed by atoms with van der Waals surface area (Å²) in [7, 11) is 2.03. The molecule has 2 unspecified atom stereocenters. The highest BCUT2D eigenvalue weighted by molar-refractivity contribution is 5.96.